The first-order chi connectivity index (χ1) is 25.4. The zero-order valence-electron chi connectivity index (χ0n) is 29.1. The molecule has 2 saturated heterocycles. The van der Waals surface area contributed by atoms with Gasteiger partial charge in [0, 0.05) is 24.6 Å². The van der Waals surface area contributed by atoms with E-state index < -0.39 is 94.8 Å². The van der Waals surface area contributed by atoms with Crippen LogP contribution in [0.4, 0.5) is 23.1 Å². The van der Waals surface area contributed by atoms with E-state index in [4.69, 9.17) is 25.4 Å². The van der Waals surface area contributed by atoms with Crippen LogP contribution in [0.1, 0.15) is 32.3 Å². The van der Waals surface area contributed by atoms with E-state index in [1.54, 1.807) is 12.1 Å². The van der Waals surface area contributed by atoms with Crippen molar-refractivity contribution in [3.05, 3.63) is 40.2 Å². The summed E-state index contributed by atoms with van der Waals surface area (Å²) in [7, 11) is -5.11. The van der Waals surface area contributed by atoms with Crippen molar-refractivity contribution in [2.24, 2.45) is 0 Å². The third-order valence-corrected chi connectivity index (χ3v) is 10.5. The number of aromatic nitrogens is 2. The minimum absolute atomic E-state index is 0.0155. The summed E-state index contributed by atoms with van der Waals surface area (Å²) in [6, 6.07) is 7.06. The normalized spacial score (nSPS) is 28.3. The third kappa shape index (κ3) is 9.29. The number of rotatable bonds is 17. The molecule has 12 N–H and O–H groups in total. The molecular formula is C31H45N6O16P. The number of ether oxygens (including phenoxy) is 2. The van der Waals surface area contributed by atoms with Gasteiger partial charge in [0.05, 0.1) is 38.1 Å². The molecule has 0 aliphatic carbocycles. The number of benzene rings is 1. The Bertz CT molecular complexity index is 1750. The molecule has 12 atom stereocenters. The van der Waals surface area contributed by atoms with Crippen LogP contribution in [-0.4, -0.2) is 150 Å². The number of aromatic amines is 1. The molecule has 22 nitrogen and oxygen atoms in total. The SMILES string of the molecule is C[C@@H]1Nc2nc(N)[nH]c(=O)c2N2CN(c3ccc(C[C@H](O)[C@H](O)[C@H](O)CO[C@H]4O[C@H](COP(=O)(O)O[C@@H](CCC(=O)O)C(=O)O)[C@@H](O)[C@H]4O)cc3)[C@H](C)[C@@H]12. The number of hydrogen-bond donors (Lipinski definition) is 11. The van der Waals surface area contributed by atoms with Gasteiger partial charge >= 0.3 is 19.8 Å². The first-order valence-electron chi connectivity index (χ1n) is 16.9. The van der Waals surface area contributed by atoms with E-state index >= 15 is 0 Å². The van der Waals surface area contributed by atoms with Gasteiger partial charge in [-0.05, 0) is 38.0 Å². The van der Waals surface area contributed by atoms with E-state index in [9.17, 15) is 49.4 Å². The predicted molar refractivity (Wildman–Crippen MR) is 185 cm³/mol. The minimum Gasteiger partial charge on any atom is -0.481 e. The van der Waals surface area contributed by atoms with Crippen molar-refractivity contribution < 1.29 is 73.3 Å². The maximum atomic E-state index is 12.8. The molecule has 0 spiro atoms. The summed E-state index contributed by atoms with van der Waals surface area (Å²) in [5.41, 5.74) is 7.27. The molecule has 1 unspecified atom stereocenters. The Labute approximate surface area is 307 Å². The summed E-state index contributed by atoms with van der Waals surface area (Å²) in [5, 5.41) is 73.6. The number of aliphatic carboxylic acids is 2. The maximum Gasteiger partial charge on any atom is 0.473 e. The second-order valence-corrected chi connectivity index (χ2v) is 14.8. The number of nitrogens with one attached hydrogen (secondary N) is 2. The highest BCUT2D eigenvalue weighted by atomic mass is 31.2. The average molecular weight is 789 g/mol. The van der Waals surface area contributed by atoms with E-state index in [1.807, 2.05) is 30.9 Å². The van der Waals surface area contributed by atoms with Crippen LogP contribution in [0.2, 0.25) is 0 Å². The number of aliphatic hydroxyl groups is 5. The molecule has 0 amide bonds. The minimum atomic E-state index is -5.11. The Morgan fingerprint density at radius 2 is 1.78 bits per heavy atom. The van der Waals surface area contributed by atoms with Crippen LogP contribution in [0, 0.1) is 0 Å². The number of nitrogen functional groups attached to an aromatic ring is 1. The largest absolute Gasteiger partial charge is 0.481 e. The van der Waals surface area contributed by atoms with E-state index in [0.717, 1.165) is 5.69 Å². The average Bonchev–Trinajstić information content (AvgIpc) is 3.58. The highest BCUT2D eigenvalue weighted by Gasteiger charge is 2.47. The van der Waals surface area contributed by atoms with E-state index in [0.29, 0.717) is 23.7 Å². The van der Waals surface area contributed by atoms with Gasteiger partial charge in [0.2, 0.25) is 5.95 Å². The Balaban J connectivity index is 1.10. The maximum absolute atomic E-state index is 12.8. The second-order valence-electron chi connectivity index (χ2n) is 13.4. The number of nitrogens with zero attached hydrogens (tertiary/aromatic N) is 3. The molecule has 2 fully saturated rings. The molecule has 23 heteroatoms. The molecule has 0 bridgehead atoms. The van der Waals surface area contributed by atoms with Gasteiger partial charge in [-0.1, -0.05) is 12.1 Å². The van der Waals surface area contributed by atoms with Crippen molar-refractivity contribution in [2.75, 3.05) is 40.7 Å². The zero-order valence-corrected chi connectivity index (χ0v) is 30.0. The van der Waals surface area contributed by atoms with Gasteiger partial charge in [-0.3, -0.25) is 23.6 Å². The van der Waals surface area contributed by atoms with E-state index in [-0.39, 0.29) is 36.1 Å². The number of aliphatic hydroxyl groups excluding tert-OH is 5. The van der Waals surface area contributed by atoms with Gasteiger partial charge in [-0.2, -0.15) is 4.98 Å². The summed E-state index contributed by atoms with van der Waals surface area (Å²) in [4.78, 5) is 55.6. The molecule has 0 saturated carbocycles. The number of carboxylic acids is 2. The summed E-state index contributed by atoms with van der Waals surface area (Å²) >= 11 is 0. The Kier molecular flexibility index (Phi) is 12.9. The summed E-state index contributed by atoms with van der Waals surface area (Å²) in [5.74, 6) is -2.65. The number of hydrogen-bond acceptors (Lipinski definition) is 18. The number of phosphoric acid groups is 1. The second kappa shape index (κ2) is 16.8. The fourth-order valence-corrected chi connectivity index (χ4v) is 7.68. The monoisotopic (exact) mass is 788 g/mol. The van der Waals surface area contributed by atoms with Crippen LogP contribution in [0.15, 0.2) is 29.1 Å². The van der Waals surface area contributed by atoms with Crippen LogP contribution < -0.4 is 26.4 Å². The van der Waals surface area contributed by atoms with Gasteiger partial charge in [0.1, 0.15) is 36.2 Å². The molecule has 1 aromatic carbocycles. The summed E-state index contributed by atoms with van der Waals surface area (Å²) in [6.45, 7) is 2.86. The van der Waals surface area contributed by atoms with Gasteiger partial charge in [-0.25, -0.2) is 9.36 Å². The van der Waals surface area contributed by atoms with Crippen molar-refractivity contribution in [3.8, 4) is 0 Å². The molecule has 54 heavy (non-hydrogen) atoms. The molecule has 4 heterocycles. The Morgan fingerprint density at radius 1 is 1.09 bits per heavy atom. The van der Waals surface area contributed by atoms with Crippen molar-refractivity contribution >= 4 is 42.9 Å². The fraction of sp³-hybridized carbons (Fsp3) is 0.613. The van der Waals surface area contributed by atoms with Gasteiger partial charge in [0.25, 0.3) is 5.56 Å². The zero-order chi connectivity index (χ0) is 39.6. The topological polar surface area (TPSA) is 340 Å². The van der Waals surface area contributed by atoms with E-state index in [2.05, 4.69) is 29.2 Å². The molecular weight excluding hydrogens is 743 g/mol. The third-order valence-electron chi connectivity index (χ3n) is 9.54. The van der Waals surface area contributed by atoms with Crippen molar-refractivity contribution in [3.63, 3.8) is 0 Å². The number of H-pyrrole nitrogens is 1. The number of fused-ring (bicyclic) bond motifs is 3. The van der Waals surface area contributed by atoms with Crippen molar-refractivity contribution in [1.82, 2.24) is 9.97 Å². The molecule has 300 valence electrons. The molecule has 0 radical (unpaired) electrons. The first-order valence-corrected chi connectivity index (χ1v) is 18.4. The van der Waals surface area contributed by atoms with Crippen LogP contribution in [0.25, 0.3) is 0 Å². The lowest BCUT2D eigenvalue weighted by atomic mass is 9.98. The summed E-state index contributed by atoms with van der Waals surface area (Å²) < 4.78 is 32.1. The first kappa shape index (κ1) is 41.2. The van der Waals surface area contributed by atoms with Crippen LogP contribution in [0.5, 0.6) is 0 Å². The van der Waals surface area contributed by atoms with Gasteiger partial charge < -0.3 is 71.0 Å². The summed E-state index contributed by atoms with van der Waals surface area (Å²) in [6.07, 6.45) is -14.9. The van der Waals surface area contributed by atoms with Crippen LogP contribution in [-0.2, 0) is 39.1 Å². The van der Waals surface area contributed by atoms with Gasteiger partial charge in [-0.15, -0.1) is 0 Å². The number of phosphoric ester groups is 1. The molecule has 3 aliphatic rings. The highest BCUT2D eigenvalue weighted by molar-refractivity contribution is 7.47. The number of carboxylic acid groups (broad SMARTS) is 2. The lowest BCUT2D eigenvalue weighted by molar-refractivity contribution is -0.192. The molecule has 5 rings (SSSR count). The number of anilines is 4. The lowest BCUT2D eigenvalue weighted by Gasteiger charge is -2.37. The van der Waals surface area contributed by atoms with Crippen molar-refractivity contribution in [1.29, 1.82) is 0 Å². The van der Waals surface area contributed by atoms with Gasteiger partial charge in [0.15, 0.2) is 18.2 Å². The highest BCUT2D eigenvalue weighted by Crippen LogP contribution is 2.46. The fourth-order valence-electron chi connectivity index (χ4n) is 6.77. The predicted octanol–water partition coefficient (Wildman–Crippen LogP) is -2.25. The molecule has 1 aromatic heterocycles. The number of carbonyl (C=O) groups is 2. The molecule has 3 aliphatic heterocycles. The Hall–Kier alpha value is -3.93. The number of nitrogens with two attached hydrogens (primary N) is 1. The van der Waals surface area contributed by atoms with Crippen molar-refractivity contribution in [2.45, 2.75) is 100 Å². The standard InChI is InChI=1S/C31H45N6O16P/c1-13-22-14(2)36(12-37(22)23-27(33-13)34-31(32)35-28(23)45)16-5-3-15(4-6-16)9-17(38)24(42)18(39)10-50-30-26(44)25(43)20(52-30)11-51-54(48,49)53-19(29(46)47)7-8-21(40)41/h3-6,13-14,17-20,22,24-26,30,38-39,42-44H,7-12H2,1-2H3,(H,40,41)(H,46,47)(H,48,49)(H4,32,33,34,35,45)/t13-,14+,17-,18+,19-,20+,22+,24-,25+,26+,30-/m0/s1. The van der Waals surface area contributed by atoms with Crippen LogP contribution >= 0.6 is 7.82 Å². The lowest BCUT2D eigenvalue weighted by Crippen LogP contribution is -2.52. The van der Waals surface area contributed by atoms with E-state index in [1.165, 1.54) is 0 Å². The van der Waals surface area contributed by atoms with Crippen LogP contribution in [0.3, 0.4) is 0 Å². The quantitative estimate of drug-likeness (QED) is 0.0754. The smallest absolute Gasteiger partial charge is 0.473 e. The molecule has 2 aromatic rings. The Morgan fingerprint density at radius 3 is 2.43 bits per heavy atom.